The van der Waals surface area contributed by atoms with E-state index in [-0.39, 0.29) is 32.7 Å². The van der Waals surface area contributed by atoms with Crippen LogP contribution in [0.4, 0.5) is 0 Å². The molecule has 0 aliphatic heterocycles. The molecule has 14 heavy (non-hydrogen) atoms. The maximum Gasteiger partial charge on any atom is 0 e. The van der Waals surface area contributed by atoms with Gasteiger partial charge in [0.15, 0.2) is 0 Å². The van der Waals surface area contributed by atoms with Gasteiger partial charge < -0.3 is 6.08 Å². The van der Waals surface area contributed by atoms with Gasteiger partial charge in [-0.3, -0.25) is 5.57 Å². The van der Waals surface area contributed by atoms with Crippen LogP contribution >= 0.6 is 0 Å². The standard InChI is InChI=1S/C7H11.C6H3.Y/c1-7-5-3-2-4-6-7;1-2-4-6-5-3-1;/h2-5H2,1H3;1-2,5H;/q2*-1;. The normalized spacial score (nSPS) is 13.6. The van der Waals surface area contributed by atoms with E-state index in [1.807, 2.05) is 0 Å². The van der Waals surface area contributed by atoms with E-state index in [1.165, 1.54) is 31.3 Å². The Morgan fingerprint density at radius 2 is 2.14 bits per heavy atom. The summed E-state index contributed by atoms with van der Waals surface area (Å²) in [7, 11) is 0. The van der Waals surface area contributed by atoms with Gasteiger partial charge in [-0.1, -0.05) is 26.2 Å². The summed E-state index contributed by atoms with van der Waals surface area (Å²) < 4.78 is 0. The van der Waals surface area contributed by atoms with E-state index in [1.54, 1.807) is 18.2 Å². The van der Waals surface area contributed by atoms with Crippen molar-refractivity contribution in [2.45, 2.75) is 32.6 Å². The van der Waals surface area contributed by atoms with Gasteiger partial charge in [-0.15, -0.1) is 12.1 Å². The van der Waals surface area contributed by atoms with Crippen LogP contribution in [0.1, 0.15) is 32.6 Å². The third kappa shape index (κ3) is 7.30. The molecule has 0 heterocycles. The molecule has 0 nitrogen and oxygen atoms in total. The summed E-state index contributed by atoms with van der Waals surface area (Å²) in [4.78, 5) is 0. The Morgan fingerprint density at radius 3 is 2.36 bits per heavy atom. The second-order valence-electron chi connectivity index (χ2n) is 3.10. The Labute approximate surface area is 113 Å². The van der Waals surface area contributed by atoms with Crippen LogP contribution in [0.2, 0.25) is 0 Å². The summed E-state index contributed by atoms with van der Waals surface area (Å²) >= 11 is 0. The molecule has 1 radical (unpaired) electrons. The molecule has 0 aromatic heterocycles. The van der Waals surface area contributed by atoms with E-state index in [0.29, 0.717) is 0 Å². The van der Waals surface area contributed by atoms with E-state index in [2.05, 4.69) is 31.2 Å². The Bertz CT molecular complexity index is 212. The minimum absolute atomic E-state index is 0. The molecule has 1 aromatic carbocycles. The van der Waals surface area contributed by atoms with Gasteiger partial charge in [0, 0.05) is 32.7 Å². The zero-order valence-electron chi connectivity index (χ0n) is 8.64. The van der Waals surface area contributed by atoms with Gasteiger partial charge in [-0.05, 0) is 0 Å². The first-order chi connectivity index (χ1) is 6.39. The van der Waals surface area contributed by atoms with Crippen molar-refractivity contribution in [1.82, 2.24) is 0 Å². The Morgan fingerprint density at radius 1 is 1.29 bits per heavy atom. The van der Waals surface area contributed by atoms with Gasteiger partial charge >= 0.3 is 0 Å². The zero-order valence-corrected chi connectivity index (χ0v) is 11.5. The SMILES string of the molecule is CC1=[C-]CCCC1.[Y].c1c[c-]ccc#1. The molecule has 0 saturated carbocycles. The van der Waals surface area contributed by atoms with Crippen LogP contribution in [-0.2, 0) is 32.7 Å². The zero-order chi connectivity index (χ0) is 9.36. The monoisotopic (exact) mass is 259 g/mol. The van der Waals surface area contributed by atoms with Crippen molar-refractivity contribution in [2.75, 3.05) is 0 Å². The van der Waals surface area contributed by atoms with Crippen molar-refractivity contribution in [2.24, 2.45) is 0 Å². The second kappa shape index (κ2) is 9.44. The first kappa shape index (κ1) is 13.9. The maximum absolute atomic E-state index is 3.30. The van der Waals surface area contributed by atoms with Gasteiger partial charge in [0.1, 0.15) is 0 Å². The summed E-state index contributed by atoms with van der Waals surface area (Å²) in [6, 6.07) is 13.5. The molecular formula is C13H14Y-2. The number of allylic oxidation sites excluding steroid dienone is 2. The molecule has 2 rings (SSSR count). The molecule has 0 unspecified atom stereocenters. The third-order valence-corrected chi connectivity index (χ3v) is 1.91. The smallest absolute Gasteiger partial charge is 0 e. The van der Waals surface area contributed by atoms with Crippen molar-refractivity contribution in [3.05, 3.63) is 48.0 Å². The van der Waals surface area contributed by atoms with Crippen molar-refractivity contribution in [3.8, 4) is 0 Å². The Hall–Kier alpha value is -0.116. The molecule has 0 atom stereocenters. The molecule has 0 N–H and O–H groups in total. The maximum atomic E-state index is 3.30. The quantitative estimate of drug-likeness (QED) is 0.626. The molecule has 0 fully saturated rings. The minimum Gasteiger partial charge on any atom is -0.497 e. The predicted octanol–water partition coefficient (Wildman–Crippen LogP) is 3.39. The molecule has 0 saturated heterocycles. The summed E-state index contributed by atoms with van der Waals surface area (Å²) in [6.07, 6.45) is 8.54. The summed E-state index contributed by atoms with van der Waals surface area (Å²) in [5.74, 6) is 0. The topological polar surface area (TPSA) is 0 Å². The van der Waals surface area contributed by atoms with Crippen LogP contribution in [0.3, 0.4) is 0 Å². The van der Waals surface area contributed by atoms with E-state index in [0.717, 1.165) is 0 Å². The molecule has 1 aliphatic carbocycles. The van der Waals surface area contributed by atoms with Crippen LogP contribution in [0.5, 0.6) is 0 Å². The summed E-state index contributed by atoms with van der Waals surface area (Å²) in [5, 5.41) is 0. The fourth-order valence-corrected chi connectivity index (χ4v) is 1.17. The van der Waals surface area contributed by atoms with Crippen molar-refractivity contribution in [3.63, 3.8) is 0 Å². The van der Waals surface area contributed by atoms with Gasteiger partial charge in [0.2, 0.25) is 0 Å². The van der Waals surface area contributed by atoms with Crippen LogP contribution in [-0.4, -0.2) is 0 Å². The van der Waals surface area contributed by atoms with Crippen molar-refractivity contribution < 1.29 is 32.7 Å². The molecular weight excluding hydrogens is 245 g/mol. The van der Waals surface area contributed by atoms with E-state index >= 15 is 0 Å². The fourth-order valence-electron chi connectivity index (χ4n) is 1.17. The van der Waals surface area contributed by atoms with Gasteiger partial charge in [0.25, 0.3) is 0 Å². The summed E-state index contributed by atoms with van der Waals surface area (Å²) in [6.45, 7) is 2.17. The fraction of sp³-hybridized carbons (Fsp3) is 0.385. The molecule has 1 aliphatic rings. The molecule has 1 heteroatoms. The van der Waals surface area contributed by atoms with Crippen molar-refractivity contribution in [1.29, 1.82) is 0 Å². The largest absolute Gasteiger partial charge is 0.497 e. The number of hydrogen-bond acceptors (Lipinski definition) is 0. The van der Waals surface area contributed by atoms with Crippen LogP contribution in [0, 0.1) is 24.3 Å². The number of rotatable bonds is 0. The van der Waals surface area contributed by atoms with E-state index in [4.69, 9.17) is 0 Å². The van der Waals surface area contributed by atoms with Gasteiger partial charge in [-0.25, -0.2) is 12.1 Å². The van der Waals surface area contributed by atoms with Crippen molar-refractivity contribution >= 4 is 0 Å². The average Bonchev–Trinajstić information content (AvgIpc) is 2.22. The van der Waals surface area contributed by atoms with E-state index < -0.39 is 0 Å². The molecule has 0 amide bonds. The second-order valence-corrected chi connectivity index (χ2v) is 3.10. The van der Waals surface area contributed by atoms with Crippen LogP contribution in [0.15, 0.2) is 23.8 Å². The third-order valence-electron chi connectivity index (χ3n) is 1.91. The molecule has 1 aromatic rings. The van der Waals surface area contributed by atoms with Gasteiger partial charge in [0.05, 0.1) is 0 Å². The first-order valence-corrected chi connectivity index (χ1v) is 4.70. The van der Waals surface area contributed by atoms with Crippen LogP contribution < -0.4 is 0 Å². The first-order valence-electron chi connectivity index (χ1n) is 4.70. The average molecular weight is 259 g/mol. The Kier molecular flexibility index (Phi) is 9.36. The summed E-state index contributed by atoms with van der Waals surface area (Å²) in [5.41, 5.74) is 1.46. The molecule has 0 spiro atoms. The van der Waals surface area contributed by atoms with Crippen LogP contribution in [0.25, 0.3) is 0 Å². The molecule has 71 valence electrons. The number of hydrogen-bond donors (Lipinski definition) is 0. The minimum atomic E-state index is 0. The predicted molar refractivity (Wildman–Crippen MR) is 53.8 cm³/mol. The Balaban J connectivity index is 0.000000227. The molecule has 0 bridgehead atoms. The van der Waals surface area contributed by atoms with Gasteiger partial charge in [-0.2, -0.15) is 18.6 Å². The van der Waals surface area contributed by atoms with E-state index in [9.17, 15) is 0 Å².